The average Bonchev–Trinajstić information content (AvgIpc) is 2.97. The van der Waals surface area contributed by atoms with E-state index >= 15 is 0 Å². The minimum Gasteiger partial charge on any atom is -0.397 e. The number of anilines is 2. The van der Waals surface area contributed by atoms with Crippen LogP contribution in [0.4, 0.5) is 11.5 Å². The van der Waals surface area contributed by atoms with Gasteiger partial charge in [-0.3, -0.25) is 10.4 Å². The molecule has 0 spiro atoms. The Morgan fingerprint density at radius 3 is 2.68 bits per heavy atom. The summed E-state index contributed by atoms with van der Waals surface area (Å²) in [4.78, 5) is 11.5. The maximum Gasteiger partial charge on any atom is 0.184 e. The van der Waals surface area contributed by atoms with E-state index in [9.17, 15) is 0 Å². The molecule has 0 amide bonds. The molecule has 2 aromatic rings. The Labute approximate surface area is 165 Å². The third-order valence-corrected chi connectivity index (χ3v) is 5.40. The van der Waals surface area contributed by atoms with Crippen LogP contribution in [0.1, 0.15) is 49.6 Å². The highest BCUT2D eigenvalue weighted by Crippen LogP contribution is 2.23. The van der Waals surface area contributed by atoms with E-state index in [1.807, 2.05) is 24.3 Å². The Bertz CT molecular complexity index is 951. The third kappa shape index (κ3) is 3.67. The zero-order valence-electron chi connectivity index (χ0n) is 16.4. The number of nitrogens with one attached hydrogen (secondary N) is 1. The number of nitrogens with two attached hydrogens (primary N) is 1. The smallest absolute Gasteiger partial charge is 0.184 e. The quantitative estimate of drug-likeness (QED) is 0.620. The van der Waals surface area contributed by atoms with Crippen molar-refractivity contribution < 1.29 is 4.58 Å². The Hall–Kier alpha value is -3.02. The van der Waals surface area contributed by atoms with Crippen LogP contribution < -0.4 is 10.6 Å². The van der Waals surface area contributed by atoms with Crippen molar-refractivity contribution in [2.75, 3.05) is 30.3 Å². The topological polar surface area (TPSA) is 81.9 Å². The van der Waals surface area contributed by atoms with Crippen molar-refractivity contribution in [1.29, 1.82) is 5.41 Å². The van der Waals surface area contributed by atoms with Crippen molar-refractivity contribution in [2.24, 2.45) is 0 Å². The lowest BCUT2D eigenvalue weighted by atomic mass is 10.0. The largest absolute Gasteiger partial charge is 0.397 e. The predicted octanol–water partition coefficient (Wildman–Crippen LogP) is 3.31. The molecule has 0 atom stereocenters. The van der Waals surface area contributed by atoms with Gasteiger partial charge in [0.25, 0.3) is 0 Å². The minimum absolute atomic E-state index is 0.338. The molecule has 1 fully saturated rings. The number of nitrogen functional groups attached to an aromatic ring is 1. The Balaban J connectivity index is 1.60. The molecule has 2 aromatic heterocycles. The summed E-state index contributed by atoms with van der Waals surface area (Å²) in [5, 5.41) is 8.73. The fraction of sp³-hybridized carbons (Fsp3) is 0.364. The van der Waals surface area contributed by atoms with Crippen LogP contribution in [-0.2, 0) is 0 Å². The van der Waals surface area contributed by atoms with Gasteiger partial charge in [-0.05, 0) is 38.0 Å². The summed E-state index contributed by atoms with van der Waals surface area (Å²) >= 11 is 0. The minimum atomic E-state index is 0.338. The molecule has 0 saturated carbocycles. The van der Waals surface area contributed by atoms with Crippen LogP contribution in [0.5, 0.6) is 0 Å². The Kier molecular flexibility index (Phi) is 5.19. The number of aromatic nitrogens is 2. The third-order valence-electron chi connectivity index (χ3n) is 5.40. The summed E-state index contributed by atoms with van der Waals surface area (Å²) < 4.78 is 2.10. The summed E-state index contributed by atoms with van der Waals surface area (Å²) in [5.74, 6) is 0.950. The monoisotopic (exact) mass is 375 g/mol. The van der Waals surface area contributed by atoms with Crippen molar-refractivity contribution in [3.8, 4) is 0 Å². The first kappa shape index (κ1) is 18.3. The van der Waals surface area contributed by atoms with Gasteiger partial charge >= 0.3 is 0 Å². The highest BCUT2D eigenvalue weighted by molar-refractivity contribution is 6.15. The average molecular weight is 376 g/mol. The number of hydrogen-bond acceptors (Lipinski definition) is 5. The lowest BCUT2D eigenvalue weighted by Gasteiger charge is -2.22. The van der Waals surface area contributed by atoms with E-state index in [4.69, 9.17) is 16.1 Å². The Morgan fingerprint density at radius 1 is 1.21 bits per heavy atom. The van der Waals surface area contributed by atoms with Crippen molar-refractivity contribution in [2.45, 2.75) is 32.6 Å². The highest BCUT2D eigenvalue weighted by atomic mass is 15.2. The van der Waals surface area contributed by atoms with Crippen molar-refractivity contribution >= 4 is 29.0 Å². The fourth-order valence-corrected chi connectivity index (χ4v) is 3.68. The van der Waals surface area contributed by atoms with Crippen LogP contribution >= 0.6 is 0 Å². The number of rotatable bonds is 5. The first-order chi connectivity index (χ1) is 13.7. The van der Waals surface area contributed by atoms with Gasteiger partial charge in [0.2, 0.25) is 0 Å². The molecule has 4 heterocycles. The summed E-state index contributed by atoms with van der Waals surface area (Å²) in [5.41, 5.74) is 10.2. The molecule has 0 radical (unpaired) electrons. The summed E-state index contributed by atoms with van der Waals surface area (Å²) in [6, 6.07) is 7.80. The molecule has 0 aliphatic carbocycles. The SMILES string of the molecule is CC[N+]1=CC(c2cc(C(=N)c3cccc(N4CCCCCC4)n3)c(N)cn2)=C1. The molecule has 2 aliphatic heterocycles. The second-order valence-electron chi connectivity index (χ2n) is 7.36. The van der Waals surface area contributed by atoms with Crippen LogP contribution in [0.25, 0.3) is 5.57 Å². The number of nitrogens with zero attached hydrogens (tertiary/aromatic N) is 4. The van der Waals surface area contributed by atoms with Crippen LogP contribution in [0.2, 0.25) is 0 Å². The normalized spacial score (nSPS) is 16.7. The van der Waals surface area contributed by atoms with E-state index in [1.165, 1.54) is 25.7 Å². The first-order valence-corrected chi connectivity index (χ1v) is 10.1. The van der Waals surface area contributed by atoms with Gasteiger partial charge < -0.3 is 10.6 Å². The molecule has 6 nitrogen and oxygen atoms in total. The molecule has 6 heteroatoms. The summed E-state index contributed by atoms with van der Waals surface area (Å²) in [7, 11) is 0. The van der Waals surface area contributed by atoms with E-state index in [2.05, 4.69) is 33.8 Å². The maximum absolute atomic E-state index is 8.73. The molecule has 0 bridgehead atoms. The molecule has 2 aliphatic rings. The zero-order chi connectivity index (χ0) is 19.5. The van der Waals surface area contributed by atoms with E-state index in [0.717, 1.165) is 36.7 Å². The van der Waals surface area contributed by atoms with Gasteiger partial charge in [-0.1, -0.05) is 18.9 Å². The van der Waals surface area contributed by atoms with Gasteiger partial charge in [0.1, 0.15) is 17.9 Å². The van der Waals surface area contributed by atoms with Gasteiger partial charge in [-0.25, -0.2) is 9.56 Å². The van der Waals surface area contributed by atoms with Gasteiger partial charge in [-0.2, -0.15) is 0 Å². The lowest BCUT2D eigenvalue weighted by molar-refractivity contribution is -0.454. The van der Waals surface area contributed by atoms with Crippen molar-refractivity contribution in [3.05, 3.63) is 53.6 Å². The molecule has 1 saturated heterocycles. The van der Waals surface area contributed by atoms with Crippen molar-refractivity contribution in [1.82, 2.24) is 9.97 Å². The zero-order valence-corrected chi connectivity index (χ0v) is 16.4. The molecule has 0 aromatic carbocycles. The highest BCUT2D eigenvalue weighted by Gasteiger charge is 2.21. The molecule has 144 valence electrons. The number of allylic oxidation sites excluding steroid dienone is 1. The molecule has 4 rings (SSSR count). The van der Waals surface area contributed by atoms with Crippen LogP contribution in [0, 0.1) is 5.41 Å². The molecule has 28 heavy (non-hydrogen) atoms. The van der Waals surface area contributed by atoms with Crippen molar-refractivity contribution in [3.63, 3.8) is 0 Å². The van der Waals surface area contributed by atoms with Crippen LogP contribution in [-0.4, -0.2) is 46.1 Å². The first-order valence-electron chi connectivity index (χ1n) is 10.1. The van der Waals surface area contributed by atoms with E-state index in [-0.39, 0.29) is 0 Å². The maximum atomic E-state index is 8.73. The molecule has 3 N–H and O–H groups in total. The van der Waals surface area contributed by atoms with Gasteiger partial charge in [0, 0.05) is 18.7 Å². The summed E-state index contributed by atoms with van der Waals surface area (Å²) in [6.45, 7) is 5.10. The number of pyridine rings is 2. The van der Waals surface area contributed by atoms with Gasteiger partial charge in [0.15, 0.2) is 12.4 Å². The second kappa shape index (κ2) is 7.92. The molecular formula is C22H27N6+. The fourth-order valence-electron chi connectivity index (χ4n) is 3.68. The predicted molar refractivity (Wildman–Crippen MR) is 114 cm³/mol. The van der Waals surface area contributed by atoms with Gasteiger partial charge in [-0.15, -0.1) is 0 Å². The molecular weight excluding hydrogens is 348 g/mol. The molecule has 0 unspecified atom stereocenters. The number of hydrogen-bond donors (Lipinski definition) is 2. The van der Waals surface area contributed by atoms with Gasteiger partial charge in [0.05, 0.1) is 29.0 Å². The van der Waals surface area contributed by atoms with Crippen LogP contribution in [0.15, 0.2) is 36.7 Å². The van der Waals surface area contributed by atoms with E-state index in [1.54, 1.807) is 6.20 Å². The standard InChI is InChI=1S/C22H27N6/c1-2-27-14-16(15-27)20-12-17(18(23)13-25-20)22(24)19-8-7-9-21(26-19)28-10-5-3-4-6-11-28/h7-9,12-15,24H,2-6,10-11,23H2,1H3/q+1. The Morgan fingerprint density at radius 2 is 1.96 bits per heavy atom. The van der Waals surface area contributed by atoms with E-state index < -0.39 is 0 Å². The summed E-state index contributed by atoms with van der Waals surface area (Å²) in [6.07, 6.45) is 10.7. The van der Waals surface area contributed by atoms with E-state index in [0.29, 0.717) is 22.7 Å². The second-order valence-corrected chi connectivity index (χ2v) is 7.36. The lowest BCUT2D eigenvalue weighted by Crippen LogP contribution is -2.25. The van der Waals surface area contributed by atoms with Crippen LogP contribution in [0.3, 0.4) is 0 Å².